The van der Waals surface area contributed by atoms with E-state index in [9.17, 15) is 13.2 Å². The molecule has 0 aliphatic carbocycles. The molecule has 1 amide bonds. The van der Waals surface area contributed by atoms with Crippen LogP contribution in [0.2, 0.25) is 0 Å². The summed E-state index contributed by atoms with van der Waals surface area (Å²) in [5.41, 5.74) is 2.23. The fraction of sp³-hybridized carbons (Fsp3) is 0.435. The number of nitrogens with zero attached hydrogens (tertiary/aromatic N) is 2. The van der Waals surface area contributed by atoms with Crippen LogP contribution in [0.5, 0.6) is 11.5 Å². The normalized spacial score (nSPS) is 11.3. The van der Waals surface area contributed by atoms with Gasteiger partial charge in [-0.25, -0.2) is 8.42 Å². The van der Waals surface area contributed by atoms with Crippen LogP contribution in [-0.4, -0.2) is 67.2 Å². The minimum absolute atomic E-state index is 0.00900. The second-order valence-electron chi connectivity index (χ2n) is 7.88. The lowest BCUT2D eigenvalue weighted by molar-refractivity contribution is -0.119. The molecular formula is C23H33N3O5S. The van der Waals surface area contributed by atoms with Crippen molar-refractivity contribution in [1.82, 2.24) is 10.2 Å². The summed E-state index contributed by atoms with van der Waals surface area (Å²) in [6.45, 7) is 4.73. The number of anilines is 1. The Morgan fingerprint density at radius 3 is 2.16 bits per heavy atom. The van der Waals surface area contributed by atoms with Gasteiger partial charge in [-0.05, 0) is 76.3 Å². The Morgan fingerprint density at radius 2 is 1.59 bits per heavy atom. The lowest BCUT2D eigenvalue weighted by Gasteiger charge is -2.25. The minimum Gasteiger partial charge on any atom is -0.493 e. The highest BCUT2D eigenvalue weighted by Gasteiger charge is 2.28. The first-order chi connectivity index (χ1) is 15.1. The topological polar surface area (TPSA) is 88.2 Å². The molecule has 0 saturated heterocycles. The van der Waals surface area contributed by atoms with E-state index in [-0.39, 0.29) is 17.3 Å². The maximum atomic E-state index is 13.6. The van der Waals surface area contributed by atoms with Gasteiger partial charge in [0.2, 0.25) is 5.91 Å². The van der Waals surface area contributed by atoms with Crippen LogP contribution in [-0.2, 0) is 14.8 Å². The summed E-state index contributed by atoms with van der Waals surface area (Å²) in [5.74, 6) is 0.345. The zero-order valence-electron chi connectivity index (χ0n) is 19.6. The van der Waals surface area contributed by atoms with E-state index < -0.39 is 10.0 Å². The maximum Gasteiger partial charge on any atom is 0.264 e. The quantitative estimate of drug-likeness (QED) is 0.516. The van der Waals surface area contributed by atoms with Gasteiger partial charge in [-0.2, -0.15) is 0 Å². The molecule has 8 nitrogen and oxygen atoms in total. The van der Waals surface area contributed by atoms with E-state index in [0.717, 1.165) is 28.4 Å². The van der Waals surface area contributed by atoms with Crippen LogP contribution in [0.4, 0.5) is 5.69 Å². The second kappa shape index (κ2) is 11.2. The third-order valence-electron chi connectivity index (χ3n) is 4.83. The number of benzene rings is 2. The third-order valence-corrected chi connectivity index (χ3v) is 6.60. The van der Waals surface area contributed by atoms with E-state index >= 15 is 0 Å². The van der Waals surface area contributed by atoms with E-state index in [1.165, 1.54) is 32.4 Å². The van der Waals surface area contributed by atoms with Gasteiger partial charge >= 0.3 is 0 Å². The molecule has 176 valence electrons. The van der Waals surface area contributed by atoms with Crippen LogP contribution in [0, 0.1) is 13.8 Å². The molecule has 0 unspecified atom stereocenters. The molecule has 0 aliphatic rings. The standard InChI is InChI=1S/C23H33N3O5S/c1-17-12-18(2)14-19(13-17)26(16-23(27)24-10-7-11-25(3)4)32(28,29)20-8-9-21(30-5)22(15-20)31-6/h8-9,12-15H,7,10-11,16H2,1-6H3,(H,24,27). The first-order valence-electron chi connectivity index (χ1n) is 10.3. The van der Waals surface area contributed by atoms with E-state index in [0.29, 0.717) is 23.7 Å². The predicted molar refractivity (Wildman–Crippen MR) is 126 cm³/mol. The van der Waals surface area contributed by atoms with Crippen molar-refractivity contribution >= 4 is 21.6 Å². The molecule has 2 aromatic carbocycles. The fourth-order valence-electron chi connectivity index (χ4n) is 3.32. The van der Waals surface area contributed by atoms with Crippen molar-refractivity contribution in [2.24, 2.45) is 0 Å². The number of hydrogen-bond donors (Lipinski definition) is 1. The Kier molecular flexibility index (Phi) is 8.91. The summed E-state index contributed by atoms with van der Waals surface area (Å²) in [6.07, 6.45) is 0.769. The van der Waals surface area contributed by atoms with Crippen molar-refractivity contribution in [1.29, 1.82) is 0 Å². The monoisotopic (exact) mass is 463 g/mol. The SMILES string of the molecule is COc1ccc(S(=O)(=O)N(CC(=O)NCCCN(C)C)c2cc(C)cc(C)c2)cc1OC. The number of methoxy groups -OCH3 is 2. The summed E-state index contributed by atoms with van der Waals surface area (Å²) < 4.78 is 38.9. The lowest BCUT2D eigenvalue weighted by atomic mass is 10.1. The molecule has 2 rings (SSSR count). The Bertz CT molecular complexity index is 1020. The van der Waals surface area contributed by atoms with Crippen LogP contribution in [0.3, 0.4) is 0 Å². The molecule has 9 heteroatoms. The number of rotatable bonds is 11. The van der Waals surface area contributed by atoms with Gasteiger partial charge in [0, 0.05) is 12.6 Å². The van der Waals surface area contributed by atoms with Crippen LogP contribution >= 0.6 is 0 Å². The van der Waals surface area contributed by atoms with Gasteiger partial charge in [-0.15, -0.1) is 0 Å². The zero-order valence-corrected chi connectivity index (χ0v) is 20.5. The zero-order chi connectivity index (χ0) is 23.9. The lowest BCUT2D eigenvalue weighted by Crippen LogP contribution is -2.41. The van der Waals surface area contributed by atoms with Crippen molar-refractivity contribution in [3.05, 3.63) is 47.5 Å². The highest BCUT2D eigenvalue weighted by molar-refractivity contribution is 7.92. The van der Waals surface area contributed by atoms with Gasteiger partial charge in [0.15, 0.2) is 11.5 Å². The van der Waals surface area contributed by atoms with Gasteiger partial charge < -0.3 is 19.7 Å². The molecule has 0 aromatic heterocycles. The largest absolute Gasteiger partial charge is 0.493 e. The first kappa shape index (κ1) is 25.5. The summed E-state index contributed by atoms with van der Waals surface area (Å²) in [6, 6.07) is 9.84. The number of carbonyl (C=O) groups excluding carboxylic acids is 1. The Morgan fingerprint density at radius 1 is 0.969 bits per heavy atom. The number of carbonyl (C=O) groups is 1. The van der Waals surface area contributed by atoms with Gasteiger partial charge in [0.25, 0.3) is 10.0 Å². The molecule has 1 N–H and O–H groups in total. The molecule has 0 saturated carbocycles. The Balaban J connectivity index is 2.40. The summed E-state index contributed by atoms with van der Waals surface area (Å²) in [7, 11) is 2.78. The van der Waals surface area contributed by atoms with Crippen molar-refractivity contribution in [3.63, 3.8) is 0 Å². The van der Waals surface area contributed by atoms with E-state index in [1.807, 2.05) is 38.9 Å². The van der Waals surface area contributed by atoms with Crippen molar-refractivity contribution in [2.45, 2.75) is 25.2 Å². The molecule has 0 fully saturated rings. The molecule has 0 radical (unpaired) electrons. The van der Waals surface area contributed by atoms with Crippen molar-refractivity contribution in [2.75, 3.05) is 52.3 Å². The number of amides is 1. The third kappa shape index (κ3) is 6.61. The van der Waals surface area contributed by atoms with Crippen LogP contribution < -0.4 is 19.1 Å². The Labute approximate surface area is 191 Å². The summed E-state index contributed by atoms with van der Waals surface area (Å²) >= 11 is 0. The average Bonchev–Trinajstić information content (AvgIpc) is 2.73. The van der Waals surface area contributed by atoms with Gasteiger partial charge in [0.1, 0.15) is 6.54 Å². The van der Waals surface area contributed by atoms with Crippen molar-refractivity contribution in [3.8, 4) is 11.5 Å². The highest BCUT2D eigenvalue weighted by atomic mass is 32.2. The molecule has 2 aromatic rings. The summed E-state index contributed by atoms with van der Waals surface area (Å²) in [4.78, 5) is 14.7. The second-order valence-corrected chi connectivity index (χ2v) is 9.74. The highest BCUT2D eigenvalue weighted by Crippen LogP contribution is 2.32. The molecule has 0 atom stereocenters. The van der Waals surface area contributed by atoms with E-state index in [4.69, 9.17) is 9.47 Å². The molecule has 0 bridgehead atoms. The predicted octanol–water partition coefficient (Wildman–Crippen LogP) is 2.58. The first-order valence-corrected chi connectivity index (χ1v) is 11.8. The molecule has 0 heterocycles. The smallest absolute Gasteiger partial charge is 0.264 e. The van der Waals surface area contributed by atoms with Gasteiger partial charge in [-0.3, -0.25) is 9.10 Å². The fourth-order valence-corrected chi connectivity index (χ4v) is 4.74. The number of hydrogen-bond acceptors (Lipinski definition) is 6. The van der Waals surface area contributed by atoms with Crippen LogP contribution in [0.15, 0.2) is 41.3 Å². The number of aryl methyl sites for hydroxylation is 2. The average molecular weight is 464 g/mol. The Hall–Kier alpha value is -2.78. The van der Waals surface area contributed by atoms with Crippen molar-refractivity contribution < 1.29 is 22.7 Å². The van der Waals surface area contributed by atoms with Crippen LogP contribution in [0.25, 0.3) is 0 Å². The number of nitrogens with one attached hydrogen (secondary N) is 1. The maximum absolute atomic E-state index is 13.6. The van der Waals surface area contributed by atoms with Gasteiger partial charge in [-0.1, -0.05) is 6.07 Å². The molecular weight excluding hydrogens is 430 g/mol. The van der Waals surface area contributed by atoms with Crippen LogP contribution in [0.1, 0.15) is 17.5 Å². The number of sulfonamides is 1. The van der Waals surface area contributed by atoms with E-state index in [2.05, 4.69) is 5.32 Å². The molecule has 0 aliphatic heterocycles. The molecule has 32 heavy (non-hydrogen) atoms. The molecule has 0 spiro atoms. The van der Waals surface area contributed by atoms with Gasteiger partial charge in [0.05, 0.1) is 24.8 Å². The summed E-state index contributed by atoms with van der Waals surface area (Å²) in [5, 5.41) is 2.82. The van der Waals surface area contributed by atoms with E-state index in [1.54, 1.807) is 12.1 Å². The minimum atomic E-state index is -4.06. The number of ether oxygens (including phenoxy) is 2.